The molecule has 0 aliphatic heterocycles. The van der Waals surface area contributed by atoms with E-state index in [2.05, 4.69) is 63.2 Å². The van der Waals surface area contributed by atoms with E-state index in [4.69, 9.17) is 4.43 Å². The summed E-state index contributed by atoms with van der Waals surface area (Å²) in [6.07, 6.45) is 0. The molecule has 0 saturated heterocycles. The Labute approximate surface area is 123 Å². The molecule has 0 aliphatic rings. The minimum atomic E-state index is -1.84. The lowest BCUT2D eigenvalue weighted by molar-refractivity contribution is -0.143. The highest BCUT2D eigenvalue weighted by Gasteiger charge is 2.48. The summed E-state index contributed by atoms with van der Waals surface area (Å²) in [6, 6.07) is 0. The van der Waals surface area contributed by atoms with Crippen molar-refractivity contribution in [3.63, 3.8) is 0 Å². The van der Waals surface area contributed by atoms with Crippen molar-refractivity contribution >= 4 is 30.8 Å². The van der Waals surface area contributed by atoms with E-state index in [1.165, 1.54) is 0 Å². The molecule has 0 bridgehead atoms. The van der Waals surface area contributed by atoms with Crippen molar-refractivity contribution in [1.82, 2.24) is 4.23 Å². The summed E-state index contributed by atoms with van der Waals surface area (Å²) in [5.41, 5.74) is -0.519. The largest absolute Gasteiger partial charge is 0.519 e. The van der Waals surface area contributed by atoms with E-state index in [1.807, 2.05) is 13.8 Å². The summed E-state index contributed by atoms with van der Waals surface area (Å²) >= 11 is 0. The molecule has 0 aromatic carbocycles. The van der Waals surface area contributed by atoms with Gasteiger partial charge in [0.25, 0.3) is 0 Å². The molecular formula is C13H33NO2Si3. The fourth-order valence-corrected chi connectivity index (χ4v) is 15.6. The smallest absolute Gasteiger partial charge is 0.311 e. The highest BCUT2D eigenvalue weighted by Crippen LogP contribution is 2.31. The molecule has 0 aromatic heterocycles. The Morgan fingerprint density at radius 2 is 1.16 bits per heavy atom. The van der Waals surface area contributed by atoms with Gasteiger partial charge in [-0.2, -0.15) is 0 Å². The molecule has 114 valence electrons. The van der Waals surface area contributed by atoms with Crippen LogP contribution >= 0.6 is 0 Å². The SMILES string of the molecule is CC(C)(C(=O)O[Si](C)(C)C)N([Si](C)(C)C)[Si](C)(C)C. The zero-order chi connectivity index (χ0) is 15.9. The van der Waals surface area contributed by atoms with E-state index in [1.54, 1.807) is 0 Å². The monoisotopic (exact) mass is 319 g/mol. The fraction of sp³-hybridized carbons (Fsp3) is 0.923. The normalized spacial score (nSPS) is 14.7. The summed E-state index contributed by atoms with van der Waals surface area (Å²) in [5, 5.41) is 0. The molecule has 0 amide bonds. The number of rotatable bonds is 5. The van der Waals surface area contributed by atoms with Gasteiger partial charge < -0.3 is 8.66 Å². The van der Waals surface area contributed by atoms with Crippen LogP contribution in [0.1, 0.15) is 13.8 Å². The highest BCUT2D eigenvalue weighted by molar-refractivity contribution is 6.90. The van der Waals surface area contributed by atoms with Crippen LogP contribution in [0, 0.1) is 0 Å². The van der Waals surface area contributed by atoms with E-state index in [9.17, 15) is 4.79 Å². The number of carbonyl (C=O) groups excluding carboxylic acids is 1. The second-order valence-corrected chi connectivity index (χ2v) is 23.2. The van der Waals surface area contributed by atoms with Crippen molar-refractivity contribution in [2.75, 3.05) is 0 Å². The van der Waals surface area contributed by atoms with Crippen LogP contribution in [0.2, 0.25) is 58.9 Å². The summed E-state index contributed by atoms with van der Waals surface area (Å²) in [4.78, 5) is 12.6. The van der Waals surface area contributed by atoms with Crippen molar-refractivity contribution in [3.05, 3.63) is 0 Å². The molecule has 0 atom stereocenters. The third-order valence-corrected chi connectivity index (χ3v) is 11.4. The van der Waals surface area contributed by atoms with Gasteiger partial charge in [0.15, 0.2) is 0 Å². The maximum Gasteiger partial charge on any atom is 0.311 e. The lowest BCUT2D eigenvalue weighted by Gasteiger charge is -2.52. The Balaban J connectivity index is 5.51. The molecule has 0 radical (unpaired) electrons. The molecule has 0 aromatic rings. The van der Waals surface area contributed by atoms with E-state index in [0.29, 0.717) is 0 Å². The molecule has 0 spiro atoms. The molecule has 19 heavy (non-hydrogen) atoms. The summed E-state index contributed by atoms with van der Waals surface area (Å²) in [5.74, 6) is -0.0449. The van der Waals surface area contributed by atoms with Crippen molar-refractivity contribution < 1.29 is 9.22 Å². The van der Waals surface area contributed by atoms with E-state index in [0.717, 1.165) is 0 Å². The van der Waals surface area contributed by atoms with Crippen LogP contribution in [0.15, 0.2) is 0 Å². The zero-order valence-electron chi connectivity index (χ0n) is 14.8. The molecule has 0 aliphatic carbocycles. The topological polar surface area (TPSA) is 29.5 Å². The fourth-order valence-electron chi connectivity index (χ4n) is 3.18. The van der Waals surface area contributed by atoms with Crippen LogP contribution in [0.3, 0.4) is 0 Å². The Kier molecular flexibility index (Phi) is 5.48. The van der Waals surface area contributed by atoms with Crippen LogP contribution in [-0.2, 0) is 9.22 Å². The van der Waals surface area contributed by atoms with Crippen molar-refractivity contribution in [3.8, 4) is 0 Å². The predicted molar refractivity (Wildman–Crippen MR) is 92.0 cm³/mol. The van der Waals surface area contributed by atoms with Crippen molar-refractivity contribution in [2.45, 2.75) is 78.3 Å². The molecule has 0 saturated carbocycles. The second kappa shape index (κ2) is 5.46. The standard InChI is InChI=1S/C13H33NO2Si3/c1-13(2,12(15)16-19(9,10)11)14(17(3,4)5)18(6,7)8/h1-11H3. The average Bonchev–Trinajstić information content (AvgIpc) is 1.91. The second-order valence-electron chi connectivity index (χ2n) is 8.74. The number of hydrogen-bond acceptors (Lipinski definition) is 3. The van der Waals surface area contributed by atoms with Gasteiger partial charge in [0.1, 0.15) is 22.0 Å². The Bertz CT molecular complexity index is 321. The minimum absolute atomic E-state index is 0.0449. The Morgan fingerprint density at radius 3 is 1.37 bits per heavy atom. The number of nitrogens with zero attached hydrogens (tertiary/aromatic N) is 1. The minimum Gasteiger partial charge on any atom is -0.519 e. The van der Waals surface area contributed by atoms with Crippen LogP contribution < -0.4 is 0 Å². The van der Waals surface area contributed by atoms with Gasteiger partial charge in [-0.05, 0) is 33.5 Å². The maximum atomic E-state index is 12.6. The number of carbonyl (C=O) groups is 1. The van der Waals surface area contributed by atoms with Gasteiger partial charge in [-0.25, -0.2) is 0 Å². The van der Waals surface area contributed by atoms with Crippen LogP contribution in [-0.4, -0.2) is 40.5 Å². The molecule has 0 fully saturated rings. The van der Waals surface area contributed by atoms with E-state index in [-0.39, 0.29) is 5.97 Å². The van der Waals surface area contributed by atoms with Crippen LogP contribution in [0.5, 0.6) is 0 Å². The van der Waals surface area contributed by atoms with Crippen LogP contribution in [0.25, 0.3) is 0 Å². The molecule has 3 nitrogen and oxygen atoms in total. The van der Waals surface area contributed by atoms with Gasteiger partial charge >= 0.3 is 5.97 Å². The van der Waals surface area contributed by atoms with Gasteiger partial charge in [-0.1, -0.05) is 39.3 Å². The molecular weight excluding hydrogens is 286 g/mol. The van der Waals surface area contributed by atoms with Gasteiger partial charge in [-0.15, -0.1) is 0 Å². The lowest BCUT2D eigenvalue weighted by atomic mass is 10.1. The van der Waals surface area contributed by atoms with E-state index < -0.39 is 30.3 Å². The molecule has 6 heteroatoms. The third-order valence-electron chi connectivity index (χ3n) is 2.80. The van der Waals surface area contributed by atoms with Crippen molar-refractivity contribution in [1.29, 1.82) is 0 Å². The molecule has 0 N–H and O–H groups in total. The molecule has 0 unspecified atom stereocenters. The number of hydrogen-bond donors (Lipinski definition) is 0. The van der Waals surface area contributed by atoms with Gasteiger partial charge in [0, 0.05) is 0 Å². The summed E-state index contributed by atoms with van der Waals surface area (Å²) < 4.78 is 8.30. The molecule has 0 heterocycles. The van der Waals surface area contributed by atoms with Gasteiger partial charge in [0.05, 0.1) is 0 Å². The summed E-state index contributed by atoms with van der Waals surface area (Å²) in [6.45, 7) is 24.1. The van der Waals surface area contributed by atoms with Crippen LogP contribution in [0.4, 0.5) is 0 Å². The average molecular weight is 320 g/mol. The molecule has 0 rings (SSSR count). The van der Waals surface area contributed by atoms with E-state index >= 15 is 0 Å². The quantitative estimate of drug-likeness (QED) is 0.714. The first-order valence-corrected chi connectivity index (χ1v) is 17.3. The predicted octanol–water partition coefficient (Wildman–Crippen LogP) is 4.11. The zero-order valence-corrected chi connectivity index (χ0v) is 17.8. The Morgan fingerprint density at radius 1 is 0.842 bits per heavy atom. The first kappa shape index (κ1) is 19.1. The summed E-state index contributed by atoms with van der Waals surface area (Å²) in [7, 11) is -5.01. The maximum absolute atomic E-state index is 12.6. The first-order valence-electron chi connectivity index (χ1n) is 7.03. The Hall–Kier alpha value is 0.0806. The first-order chi connectivity index (χ1) is 7.99. The van der Waals surface area contributed by atoms with Crippen molar-refractivity contribution in [2.24, 2.45) is 0 Å². The highest BCUT2D eigenvalue weighted by atomic mass is 28.4. The van der Waals surface area contributed by atoms with Gasteiger partial charge in [-0.3, -0.25) is 4.79 Å². The van der Waals surface area contributed by atoms with Gasteiger partial charge in [0.2, 0.25) is 8.32 Å². The third kappa shape index (κ3) is 5.53. The lowest BCUT2D eigenvalue weighted by Crippen LogP contribution is -2.70.